The van der Waals surface area contributed by atoms with Crippen LogP contribution in [0.5, 0.6) is 0 Å². The number of carbonyl (C=O) groups is 1. The Morgan fingerprint density at radius 1 is 0.973 bits per heavy atom. The Morgan fingerprint density at radius 2 is 1.65 bits per heavy atom. The average molecular weight is 525 g/mol. The molecule has 0 saturated heterocycles. The number of rotatable bonds is 8. The second-order valence-corrected chi connectivity index (χ2v) is 8.34. The Balaban J connectivity index is 1.47. The van der Waals surface area contributed by atoms with Gasteiger partial charge in [-0.3, -0.25) is 4.99 Å². The second kappa shape index (κ2) is 11.2. The Hall–Kier alpha value is -4.24. The van der Waals surface area contributed by atoms with Gasteiger partial charge in [0, 0.05) is 18.8 Å². The van der Waals surface area contributed by atoms with Crippen molar-refractivity contribution in [1.82, 2.24) is 9.78 Å². The molecule has 0 spiro atoms. The van der Waals surface area contributed by atoms with E-state index in [2.05, 4.69) is 10.1 Å². The molecule has 0 aliphatic carbocycles. The number of esters is 1. The van der Waals surface area contributed by atoms with Gasteiger partial charge in [0.25, 0.3) is 0 Å². The Bertz CT molecular complexity index is 1420. The van der Waals surface area contributed by atoms with Gasteiger partial charge in [0.15, 0.2) is 0 Å². The number of nitrogens with one attached hydrogen (secondary N) is 1. The van der Waals surface area contributed by atoms with Crippen LogP contribution >= 0.6 is 11.6 Å². The number of para-hydroxylation sites is 1. The number of aliphatic imine (C=N–C) groups is 1. The summed E-state index contributed by atoms with van der Waals surface area (Å²) in [6.07, 6.45) is -2.06. The maximum atomic E-state index is 13.1. The van der Waals surface area contributed by atoms with E-state index >= 15 is 0 Å². The zero-order valence-corrected chi connectivity index (χ0v) is 20.0. The van der Waals surface area contributed by atoms with Crippen molar-refractivity contribution in [3.05, 3.63) is 113 Å². The molecule has 0 aliphatic heterocycles. The van der Waals surface area contributed by atoms with Gasteiger partial charge in [-0.05, 0) is 53.6 Å². The fraction of sp³-hybridized carbons (Fsp3) is 0.111. The molecule has 0 unspecified atom stereocenters. The number of halogens is 4. The molecule has 188 valence electrons. The van der Waals surface area contributed by atoms with Crippen molar-refractivity contribution in [2.45, 2.75) is 19.2 Å². The van der Waals surface area contributed by atoms with E-state index in [1.165, 1.54) is 24.3 Å². The summed E-state index contributed by atoms with van der Waals surface area (Å²) in [6.45, 7) is 0.0436. The summed E-state index contributed by atoms with van der Waals surface area (Å²) in [5.74, 6) is -0.588. The van der Waals surface area contributed by atoms with Gasteiger partial charge in [-0.25, -0.2) is 9.48 Å². The minimum absolute atomic E-state index is 0.00684. The third kappa shape index (κ3) is 6.71. The lowest BCUT2D eigenvalue weighted by Gasteiger charge is -2.12. The van der Waals surface area contributed by atoms with Crippen LogP contribution in [0.4, 0.5) is 18.9 Å². The van der Waals surface area contributed by atoms with Gasteiger partial charge in [-0.1, -0.05) is 48.0 Å². The molecule has 0 amide bonds. The van der Waals surface area contributed by atoms with E-state index in [1.807, 2.05) is 36.5 Å². The van der Waals surface area contributed by atoms with Crippen molar-refractivity contribution in [2.75, 3.05) is 0 Å². The van der Waals surface area contributed by atoms with Crippen molar-refractivity contribution in [2.24, 2.45) is 4.99 Å². The van der Waals surface area contributed by atoms with Gasteiger partial charge in [-0.2, -0.15) is 18.3 Å². The monoisotopic (exact) mass is 524 g/mol. The maximum absolute atomic E-state index is 13.1. The molecule has 0 radical (unpaired) electrons. The molecule has 4 rings (SSSR count). The summed E-state index contributed by atoms with van der Waals surface area (Å²) >= 11 is 6.12. The van der Waals surface area contributed by atoms with Gasteiger partial charge >= 0.3 is 12.1 Å². The van der Waals surface area contributed by atoms with E-state index in [9.17, 15) is 18.0 Å². The minimum atomic E-state index is -4.79. The van der Waals surface area contributed by atoms with Gasteiger partial charge in [0.2, 0.25) is 0 Å². The molecule has 1 aromatic heterocycles. The minimum Gasteiger partial charge on any atom is -0.457 e. The summed E-state index contributed by atoms with van der Waals surface area (Å²) in [5.41, 5.74) is 1.01. The van der Waals surface area contributed by atoms with E-state index < -0.39 is 24.3 Å². The smallest absolute Gasteiger partial charge is 0.429 e. The first kappa shape index (κ1) is 25.8. The van der Waals surface area contributed by atoms with Crippen molar-refractivity contribution in [3.63, 3.8) is 0 Å². The molecule has 6 nitrogen and oxygen atoms in total. The molecule has 0 aliphatic rings. The lowest BCUT2D eigenvalue weighted by Crippen LogP contribution is -2.25. The molecule has 37 heavy (non-hydrogen) atoms. The van der Waals surface area contributed by atoms with Gasteiger partial charge in [0.05, 0.1) is 27.7 Å². The number of hydrogen-bond acceptors (Lipinski definition) is 5. The van der Waals surface area contributed by atoms with Crippen molar-refractivity contribution in [1.29, 1.82) is 5.41 Å². The number of ether oxygens (including phenoxy) is 1. The lowest BCUT2D eigenvalue weighted by molar-refractivity contribution is -0.0605. The van der Waals surface area contributed by atoms with Crippen LogP contribution in [0.3, 0.4) is 0 Å². The first-order chi connectivity index (χ1) is 17.7. The third-order valence-corrected chi connectivity index (χ3v) is 5.64. The predicted molar refractivity (Wildman–Crippen MR) is 135 cm³/mol. The summed E-state index contributed by atoms with van der Waals surface area (Å²) in [7, 11) is 0. The molecule has 3 aromatic carbocycles. The quantitative estimate of drug-likeness (QED) is 0.199. The van der Waals surface area contributed by atoms with Crippen molar-refractivity contribution in [3.8, 4) is 5.69 Å². The number of aromatic nitrogens is 2. The van der Waals surface area contributed by atoms with Crippen LogP contribution in [-0.2, 0) is 11.3 Å². The molecule has 0 saturated carbocycles. The molecule has 10 heteroatoms. The summed E-state index contributed by atoms with van der Waals surface area (Å²) in [5, 5.41) is 11.8. The van der Waals surface area contributed by atoms with Crippen molar-refractivity contribution >= 4 is 34.7 Å². The number of hydrogen-bond donors (Lipinski definition) is 1. The summed E-state index contributed by atoms with van der Waals surface area (Å²) in [6, 6.07) is 21.4. The van der Waals surface area contributed by atoms with Gasteiger partial charge in [0.1, 0.15) is 12.3 Å². The SMILES string of the molecule is N=C(CC(=Nc1ccccc1Cl)c1ccc(C(=O)OCc2ccc(-n3cccn3)cc2)cc1)C(F)(F)F. The fourth-order valence-electron chi connectivity index (χ4n) is 3.36. The molecular weight excluding hydrogens is 505 g/mol. The molecular formula is C27H20ClF3N4O2. The number of nitrogens with zero attached hydrogens (tertiary/aromatic N) is 3. The Labute approximate surface area is 215 Å². The highest BCUT2D eigenvalue weighted by Gasteiger charge is 2.35. The van der Waals surface area contributed by atoms with Crippen LogP contribution in [0.2, 0.25) is 5.02 Å². The van der Waals surface area contributed by atoms with Crippen LogP contribution in [0.15, 0.2) is 96.2 Å². The molecule has 1 N–H and O–H groups in total. The Kier molecular flexibility index (Phi) is 7.83. The highest BCUT2D eigenvalue weighted by Crippen LogP contribution is 2.27. The first-order valence-electron chi connectivity index (χ1n) is 11.0. The van der Waals surface area contributed by atoms with Crippen LogP contribution < -0.4 is 0 Å². The normalized spacial score (nSPS) is 11.8. The molecule has 1 heterocycles. The average Bonchev–Trinajstić information content (AvgIpc) is 3.43. The molecule has 0 bridgehead atoms. The van der Waals surface area contributed by atoms with Crippen LogP contribution in [0, 0.1) is 5.41 Å². The molecule has 0 atom stereocenters. The summed E-state index contributed by atoms with van der Waals surface area (Å²) in [4.78, 5) is 16.8. The van der Waals surface area contributed by atoms with E-state index in [4.69, 9.17) is 21.7 Å². The van der Waals surface area contributed by atoms with E-state index in [-0.39, 0.29) is 28.6 Å². The Morgan fingerprint density at radius 3 is 2.27 bits per heavy atom. The highest BCUT2D eigenvalue weighted by molar-refractivity contribution is 6.33. The first-order valence-corrected chi connectivity index (χ1v) is 11.4. The zero-order chi connectivity index (χ0) is 26.4. The summed E-state index contributed by atoms with van der Waals surface area (Å²) < 4.78 is 46.3. The van der Waals surface area contributed by atoms with Crippen molar-refractivity contribution < 1.29 is 22.7 Å². The fourth-order valence-corrected chi connectivity index (χ4v) is 3.54. The lowest BCUT2D eigenvalue weighted by atomic mass is 10.0. The van der Waals surface area contributed by atoms with E-state index in [0.717, 1.165) is 11.3 Å². The largest absolute Gasteiger partial charge is 0.457 e. The molecule has 0 fully saturated rings. The number of benzene rings is 3. The third-order valence-electron chi connectivity index (χ3n) is 5.32. The topological polar surface area (TPSA) is 80.3 Å². The van der Waals surface area contributed by atoms with Gasteiger partial charge < -0.3 is 10.1 Å². The predicted octanol–water partition coefficient (Wildman–Crippen LogP) is 6.98. The second-order valence-electron chi connectivity index (χ2n) is 7.93. The standard InChI is InChI=1S/C27H20ClF3N4O2/c28-22-4-1-2-5-23(22)34-24(16-25(32)27(29,30)31)19-8-10-20(11-9-19)26(36)37-17-18-6-12-21(13-7-18)35-15-3-14-33-35/h1-15,32H,16-17H2. The van der Waals surface area contributed by atoms with Crippen LogP contribution in [0.25, 0.3) is 5.69 Å². The number of alkyl halides is 3. The molecule has 4 aromatic rings. The van der Waals surface area contributed by atoms with E-state index in [0.29, 0.717) is 5.56 Å². The highest BCUT2D eigenvalue weighted by atomic mass is 35.5. The van der Waals surface area contributed by atoms with Gasteiger partial charge in [-0.15, -0.1) is 0 Å². The van der Waals surface area contributed by atoms with E-state index in [1.54, 1.807) is 35.1 Å². The van der Waals surface area contributed by atoms with Crippen LogP contribution in [0.1, 0.15) is 27.9 Å². The zero-order valence-electron chi connectivity index (χ0n) is 19.2. The maximum Gasteiger partial charge on any atom is 0.429 e. The number of carbonyl (C=O) groups excluding carboxylic acids is 1. The van der Waals surface area contributed by atoms with Crippen LogP contribution in [-0.4, -0.2) is 33.3 Å².